The van der Waals surface area contributed by atoms with Crippen molar-refractivity contribution in [2.45, 2.75) is 46.1 Å². The fraction of sp³-hybridized carbons (Fsp3) is 0.588. The van der Waals surface area contributed by atoms with Gasteiger partial charge in [0.05, 0.1) is 0 Å². The molecule has 1 aromatic carbocycles. The van der Waals surface area contributed by atoms with Crippen LogP contribution < -0.4 is 5.32 Å². The predicted molar refractivity (Wildman–Crippen MR) is 79.5 cm³/mol. The molecule has 114 valence electrons. The summed E-state index contributed by atoms with van der Waals surface area (Å²) < 4.78 is 18.5. The van der Waals surface area contributed by atoms with Crippen LogP contribution in [0, 0.1) is 22.6 Å². The quantitative estimate of drug-likeness (QED) is 0.865. The Morgan fingerprint density at radius 2 is 1.95 bits per heavy atom. The van der Waals surface area contributed by atoms with E-state index in [0.29, 0.717) is 11.6 Å². The van der Waals surface area contributed by atoms with Gasteiger partial charge < -0.3 is 4.74 Å². The average Bonchev–Trinajstić information content (AvgIpc) is 2.74. The van der Waals surface area contributed by atoms with Crippen LogP contribution in [0.3, 0.4) is 0 Å². The van der Waals surface area contributed by atoms with Crippen molar-refractivity contribution < 1.29 is 13.9 Å². The van der Waals surface area contributed by atoms with Crippen molar-refractivity contribution >= 4 is 11.8 Å². The minimum atomic E-state index is -0.448. The second-order valence-electron chi connectivity index (χ2n) is 7.14. The second kappa shape index (κ2) is 4.72. The number of carbonyl (C=O) groups excluding carboxylic acids is 1. The molecule has 21 heavy (non-hydrogen) atoms. The summed E-state index contributed by atoms with van der Waals surface area (Å²) in [6.07, 6.45) is 2.80. The average molecular weight is 291 g/mol. The van der Waals surface area contributed by atoms with Gasteiger partial charge in [0.25, 0.3) is 0 Å². The number of amides is 1. The molecule has 0 aliphatic heterocycles. The largest absolute Gasteiger partial charge is 0.445 e. The van der Waals surface area contributed by atoms with Gasteiger partial charge in [-0.05, 0) is 54.9 Å². The number of ether oxygens (including phenoxy) is 1. The number of hydrogen-bond acceptors (Lipinski definition) is 2. The molecule has 0 saturated heterocycles. The molecule has 0 radical (unpaired) electrons. The normalized spacial score (nSPS) is 33.0. The highest BCUT2D eigenvalue weighted by atomic mass is 19.1. The Kier molecular flexibility index (Phi) is 3.23. The third-order valence-electron chi connectivity index (χ3n) is 6.05. The number of carbonyl (C=O) groups is 1. The highest BCUT2D eigenvalue weighted by Crippen LogP contribution is 2.66. The summed E-state index contributed by atoms with van der Waals surface area (Å²) in [4.78, 5) is 12.1. The Morgan fingerprint density at radius 3 is 2.48 bits per heavy atom. The van der Waals surface area contributed by atoms with Gasteiger partial charge in [0.2, 0.25) is 0 Å². The van der Waals surface area contributed by atoms with Crippen LogP contribution in [-0.4, -0.2) is 12.2 Å². The van der Waals surface area contributed by atoms with E-state index >= 15 is 0 Å². The molecule has 3 nitrogen and oxygen atoms in total. The molecule has 4 heteroatoms. The summed E-state index contributed by atoms with van der Waals surface area (Å²) in [6.45, 7) is 6.80. The fourth-order valence-corrected chi connectivity index (χ4v) is 4.12. The first-order chi connectivity index (χ1) is 9.83. The van der Waals surface area contributed by atoms with E-state index in [0.717, 1.165) is 12.8 Å². The highest BCUT2D eigenvalue weighted by molar-refractivity contribution is 5.84. The monoisotopic (exact) mass is 291 g/mol. The summed E-state index contributed by atoms with van der Waals surface area (Å²) in [5, 5.41) is 2.67. The van der Waals surface area contributed by atoms with Crippen LogP contribution in [-0.2, 0) is 4.74 Å². The van der Waals surface area contributed by atoms with Gasteiger partial charge in [-0.3, -0.25) is 5.32 Å². The second-order valence-corrected chi connectivity index (χ2v) is 7.14. The number of hydrogen-bond donors (Lipinski definition) is 1. The maximum Gasteiger partial charge on any atom is 0.411 e. The third kappa shape index (κ3) is 2.21. The molecule has 3 atom stereocenters. The molecule has 2 saturated carbocycles. The van der Waals surface area contributed by atoms with Crippen molar-refractivity contribution in [2.24, 2.45) is 16.7 Å². The number of benzene rings is 1. The summed E-state index contributed by atoms with van der Waals surface area (Å²) in [6, 6.07) is 5.70. The smallest absolute Gasteiger partial charge is 0.411 e. The molecule has 0 heterocycles. The van der Waals surface area contributed by atoms with Crippen LogP contribution in [0.15, 0.2) is 24.3 Å². The first-order valence-electron chi connectivity index (χ1n) is 7.56. The molecule has 1 amide bonds. The van der Waals surface area contributed by atoms with Crippen LogP contribution in [0.5, 0.6) is 0 Å². The zero-order chi connectivity index (χ0) is 15.3. The SMILES string of the molecule is CC1(C)C2CCC1(C)C(OC(=O)Nc1ccc(F)cc1)C2. The Bertz CT molecular complexity index is 554. The minimum absolute atomic E-state index is 0.0355. The maximum atomic E-state index is 12.8. The van der Waals surface area contributed by atoms with Gasteiger partial charge in [-0.25, -0.2) is 9.18 Å². The van der Waals surface area contributed by atoms with Crippen LogP contribution in [0.25, 0.3) is 0 Å². The summed E-state index contributed by atoms with van der Waals surface area (Å²) >= 11 is 0. The van der Waals surface area contributed by atoms with E-state index in [1.165, 1.54) is 30.7 Å². The molecular formula is C17H22FNO2. The van der Waals surface area contributed by atoms with E-state index in [4.69, 9.17) is 4.74 Å². The summed E-state index contributed by atoms with van der Waals surface area (Å²) in [5.74, 6) is 0.308. The number of halogens is 1. The van der Waals surface area contributed by atoms with Gasteiger partial charge in [0.1, 0.15) is 11.9 Å². The molecule has 2 aliphatic carbocycles. The van der Waals surface area contributed by atoms with Crippen molar-refractivity contribution in [1.82, 2.24) is 0 Å². The predicted octanol–water partition coefficient (Wildman–Crippen LogP) is 4.59. The Hall–Kier alpha value is -1.58. The fourth-order valence-electron chi connectivity index (χ4n) is 4.12. The lowest BCUT2D eigenvalue weighted by atomic mass is 9.70. The molecule has 2 fully saturated rings. The van der Waals surface area contributed by atoms with Crippen molar-refractivity contribution in [1.29, 1.82) is 0 Å². The lowest BCUT2D eigenvalue weighted by Crippen LogP contribution is -2.39. The zero-order valence-corrected chi connectivity index (χ0v) is 12.8. The van der Waals surface area contributed by atoms with Gasteiger partial charge >= 0.3 is 6.09 Å². The van der Waals surface area contributed by atoms with E-state index < -0.39 is 6.09 Å². The Morgan fingerprint density at radius 1 is 1.29 bits per heavy atom. The lowest BCUT2D eigenvalue weighted by Gasteiger charge is -2.38. The van der Waals surface area contributed by atoms with E-state index in [-0.39, 0.29) is 22.8 Å². The molecule has 3 unspecified atom stereocenters. The van der Waals surface area contributed by atoms with Crippen LogP contribution in [0.4, 0.5) is 14.9 Å². The summed E-state index contributed by atoms with van der Waals surface area (Å²) in [7, 11) is 0. The van der Waals surface area contributed by atoms with Gasteiger partial charge in [0, 0.05) is 11.1 Å². The first kappa shape index (κ1) is 14.4. The van der Waals surface area contributed by atoms with E-state index in [1.54, 1.807) is 0 Å². The number of anilines is 1. The molecule has 2 bridgehead atoms. The molecule has 0 aromatic heterocycles. The third-order valence-corrected chi connectivity index (χ3v) is 6.05. The van der Waals surface area contributed by atoms with Crippen LogP contribution in [0.2, 0.25) is 0 Å². The number of rotatable bonds is 2. The van der Waals surface area contributed by atoms with Crippen molar-refractivity contribution in [3.05, 3.63) is 30.1 Å². The Labute approximate surface area is 124 Å². The van der Waals surface area contributed by atoms with Gasteiger partial charge in [-0.15, -0.1) is 0 Å². The highest BCUT2D eigenvalue weighted by Gasteiger charge is 2.62. The van der Waals surface area contributed by atoms with E-state index in [9.17, 15) is 9.18 Å². The van der Waals surface area contributed by atoms with Crippen molar-refractivity contribution in [3.8, 4) is 0 Å². The molecule has 3 rings (SSSR count). The standard InChI is InChI=1S/C17H22FNO2/c1-16(2)11-8-9-17(16,3)14(10-11)21-15(20)19-13-6-4-12(18)5-7-13/h4-7,11,14H,8-10H2,1-3H3,(H,19,20). The van der Waals surface area contributed by atoms with Gasteiger partial charge in [-0.2, -0.15) is 0 Å². The van der Waals surface area contributed by atoms with Crippen molar-refractivity contribution in [2.75, 3.05) is 5.32 Å². The summed E-state index contributed by atoms with van der Waals surface area (Å²) in [5.41, 5.74) is 0.819. The lowest BCUT2D eigenvalue weighted by molar-refractivity contribution is 0.00148. The number of nitrogens with one attached hydrogen (secondary N) is 1. The number of fused-ring (bicyclic) bond motifs is 2. The van der Waals surface area contributed by atoms with E-state index in [2.05, 4.69) is 26.1 Å². The van der Waals surface area contributed by atoms with Crippen LogP contribution in [0.1, 0.15) is 40.0 Å². The van der Waals surface area contributed by atoms with Gasteiger partial charge in [0.15, 0.2) is 0 Å². The van der Waals surface area contributed by atoms with Crippen LogP contribution >= 0.6 is 0 Å². The zero-order valence-electron chi connectivity index (χ0n) is 12.8. The molecule has 1 aromatic rings. The van der Waals surface area contributed by atoms with Crippen molar-refractivity contribution in [3.63, 3.8) is 0 Å². The Balaban J connectivity index is 1.65. The van der Waals surface area contributed by atoms with E-state index in [1.807, 2.05) is 0 Å². The maximum absolute atomic E-state index is 12.8. The molecular weight excluding hydrogens is 269 g/mol. The minimum Gasteiger partial charge on any atom is -0.445 e. The molecule has 2 aliphatic rings. The molecule has 1 N–H and O–H groups in total. The van der Waals surface area contributed by atoms with Gasteiger partial charge in [-0.1, -0.05) is 20.8 Å². The molecule has 0 spiro atoms. The first-order valence-corrected chi connectivity index (χ1v) is 7.56. The topological polar surface area (TPSA) is 38.3 Å².